The molecule has 0 aliphatic heterocycles. The molecule has 1 aromatic carbocycles. The van der Waals surface area contributed by atoms with Crippen LogP contribution in [-0.2, 0) is 14.9 Å². The summed E-state index contributed by atoms with van der Waals surface area (Å²) < 4.78 is 6.75. The average molecular weight is 420 g/mol. The Labute approximate surface area is 178 Å². The normalized spacial score (nSPS) is 11.4. The monoisotopic (exact) mass is 419 g/mol. The number of amides is 1. The molecule has 0 bridgehead atoms. The molecule has 0 atom stereocenters. The lowest BCUT2D eigenvalue weighted by atomic mass is 9.84. The Hall–Kier alpha value is -3.45. The lowest BCUT2D eigenvalue weighted by Crippen LogP contribution is -2.30. The number of carbonyl (C=O) groups is 2. The topological polar surface area (TPSA) is 72.7 Å². The standard InChI is InChI=1S/C23H21N3O3S/c1-23(2,22(28)29-3)18-7-4-15(5-8-18)21(27)25-19-13-26-12-16(6-9-20(26)24-19)17-10-11-30-14-17/h4-14H,1-3H3,(H,25,27). The van der Waals surface area contributed by atoms with Crippen LogP contribution in [0.1, 0.15) is 29.8 Å². The molecular weight excluding hydrogens is 398 g/mol. The van der Waals surface area contributed by atoms with Gasteiger partial charge in [0, 0.05) is 11.8 Å². The number of pyridine rings is 1. The maximum absolute atomic E-state index is 12.6. The number of ether oxygens (including phenoxy) is 1. The number of thiophene rings is 1. The van der Waals surface area contributed by atoms with E-state index in [0.717, 1.165) is 22.3 Å². The lowest BCUT2D eigenvalue weighted by molar-refractivity contribution is -0.146. The number of esters is 1. The molecule has 3 heterocycles. The number of methoxy groups -OCH3 is 1. The lowest BCUT2D eigenvalue weighted by Gasteiger charge is -2.22. The van der Waals surface area contributed by atoms with Crippen LogP contribution in [0.25, 0.3) is 16.8 Å². The van der Waals surface area contributed by atoms with Gasteiger partial charge >= 0.3 is 5.97 Å². The molecule has 0 fully saturated rings. The van der Waals surface area contributed by atoms with E-state index in [1.54, 1.807) is 55.6 Å². The number of aromatic nitrogens is 2. The molecule has 1 N–H and O–H groups in total. The number of rotatable bonds is 5. The van der Waals surface area contributed by atoms with Gasteiger partial charge in [-0.1, -0.05) is 12.1 Å². The van der Waals surface area contributed by atoms with Gasteiger partial charge in [0.25, 0.3) is 5.91 Å². The number of nitrogens with one attached hydrogen (secondary N) is 1. The molecule has 3 aromatic heterocycles. The third-order valence-corrected chi connectivity index (χ3v) is 5.79. The minimum Gasteiger partial charge on any atom is -0.468 e. The molecule has 4 rings (SSSR count). The Morgan fingerprint density at radius 1 is 1.03 bits per heavy atom. The highest BCUT2D eigenvalue weighted by molar-refractivity contribution is 7.08. The summed E-state index contributed by atoms with van der Waals surface area (Å²) in [7, 11) is 1.37. The van der Waals surface area contributed by atoms with Crippen molar-refractivity contribution >= 4 is 34.7 Å². The van der Waals surface area contributed by atoms with Crippen molar-refractivity contribution in [3.63, 3.8) is 0 Å². The van der Waals surface area contributed by atoms with E-state index in [0.29, 0.717) is 11.4 Å². The van der Waals surface area contributed by atoms with Gasteiger partial charge in [0.15, 0.2) is 5.82 Å². The molecule has 0 unspecified atom stereocenters. The first-order chi connectivity index (χ1) is 14.4. The summed E-state index contributed by atoms with van der Waals surface area (Å²) in [4.78, 5) is 29.1. The second-order valence-corrected chi connectivity index (χ2v) is 8.25. The molecular formula is C23H21N3O3S. The summed E-state index contributed by atoms with van der Waals surface area (Å²) in [6.45, 7) is 3.57. The zero-order chi connectivity index (χ0) is 21.3. The van der Waals surface area contributed by atoms with E-state index in [1.165, 1.54) is 7.11 Å². The number of imidazole rings is 1. The zero-order valence-electron chi connectivity index (χ0n) is 16.9. The van der Waals surface area contributed by atoms with Crippen LogP contribution in [0.5, 0.6) is 0 Å². The van der Waals surface area contributed by atoms with Crippen molar-refractivity contribution < 1.29 is 14.3 Å². The quantitative estimate of drug-likeness (QED) is 0.473. The fourth-order valence-electron chi connectivity index (χ4n) is 3.25. The number of fused-ring (bicyclic) bond motifs is 1. The first-order valence-electron chi connectivity index (χ1n) is 9.40. The van der Waals surface area contributed by atoms with E-state index < -0.39 is 5.41 Å². The Morgan fingerprint density at radius 2 is 1.80 bits per heavy atom. The van der Waals surface area contributed by atoms with E-state index in [-0.39, 0.29) is 11.9 Å². The van der Waals surface area contributed by atoms with E-state index in [4.69, 9.17) is 4.74 Å². The first kappa shape index (κ1) is 19.8. The van der Waals surface area contributed by atoms with Crippen LogP contribution in [0, 0.1) is 0 Å². The molecule has 152 valence electrons. The van der Waals surface area contributed by atoms with Gasteiger partial charge in [-0.05, 0) is 71.6 Å². The van der Waals surface area contributed by atoms with Crippen molar-refractivity contribution in [2.45, 2.75) is 19.3 Å². The smallest absolute Gasteiger partial charge is 0.315 e. The average Bonchev–Trinajstić information content (AvgIpc) is 3.42. The molecule has 0 radical (unpaired) electrons. The van der Waals surface area contributed by atoms with Crippen molar-refractivity contribution in [2.24, 2.45) is 0 Å². The summed E-state index contributed by atoms with van der Waals surface area (Å²) >= 11 is 1.65. The molecule has 4 aromatic rings. The number of anilines is 1. The Kier molecular flexibility index (Phi) is 5.13. The molecule has 0 spiro atoms. The summed E-state index contributed by atoms with van der Waals surface area (Å²) in [5, 5.41) is 6.96. The molecule has 7 heteroatoms. The van der Waals surface area contributed by atoms with Crippen molar-refractivity contribution in [2.75, 3.05) is 12.4 Å². The van der Waals surface area contributed by atoms with Crippen molar-refractivity contribution in [3.8, 4) is 11.1 Å². The second kappa shape index (κ2) is 7.76. The van der Waals surface area contributed by atoms with Crippen molar-refractivity contribution in [1.82, 2.24) is 9.38 Å². The molecule has 1 amide bonds. The number of benzene rings is 1. The highest BCUT2D eigenvalue weighted by atomic mass is 32.1. The van der Waals surface area contributed by atoms with Crippen LogP contribution in [0.3, 0.4) is 0 Å². The molecule has 0 saturated heterocycles. The van der Waals surface area contributed by atoms with Gasteiger partial charge in [-0.3, -0.25) is 9.59 Å². The Morgan fingerprint density at radius 3 is 2.47 bits per heavy atom. The van der Waals surface area contributed by atoms with Gasteiger partial charge in [-0.25, -0.2) is 4.98 Å². The largest absolute Gasteiger partial charge is 0.468 e. The minimum absolute atomic E-state index is 0.265. The second-order valence-electron chi connectivity index (χ2n) is 7.47. The summed E-state index contributed by atoms with van der Waals surface area (Å²) in [6, 6.07) is 12.9. The third kappa shape index (κ3) is 3.71. The van der Waals surface area contributed by atoms with Gasteiger partial charge in [0.05, 0.1) is 18.7 Å². The summed E-state index contributed by atoms with van der Waals surface area (Å²) in [5.41, 5.74) is 3.46. The third-order valence-electron chi connectivity index (χ3n) is 5.11. The number of nitrogens with zero attached hydrogens (tertiary/aromatic N) is 2. The molecule has 6 nitrogen and oxygen atoms in total. The molecule has 30 heavy (non-hydrogen) atoms. The SMILES string of the molecule is COC(=O)C(C)(C)c1ccc(C(=O)Nc2cn3cc(-c4ccsc4)ccc3n2)cc1. The fourth-order valence-corrected chi connectivity index (χ4v) is 3.92. The Balaban J connectivity index is 1.52. The molecule has 0 aliphatic rings. The summed E-state index contributed by atoms with van der Waals surface area (Å²) in [5.74, 6) is -0.119. The van der Waals surface area contributed by atoms with Crippen LogP contribution in [-0.4, -0.2) is 28.4 Å². The number of hydrogen-bond donors (Lipinski definition) is 1. The van der Waals surface area contributed by atoms with Crippen LogP contribution in [0.4, 0.5) is 5.82 Å². The highest BCUT2D eigenvalue weighted by Gasteiger charge is 2.30. The van der Waals surface area contributed by atoms with Crippen LogP contribution in [0.15, 0.2) is 65.6 Å². The van der Waals surface area contributed by atoms with Gasteiger partial charge in [0.1, 0.15) is 5.65 Å². The van der Waals surface area contributed by atoms with Crippen molar-refractivity contribution in [3.05, 3.63) is 76.7 Å². The Bertz CT molecular complexity index is 1210. The van der Waals surface area contributed by atoms with Crippen molar-refractivity contribution in [1.29, 1.82) is 0 Å². The van der Waals surface area contributed by atoms with Gasteiger partial charge < -0.3 is 14.5 Å². The van der Waals surface area contributed by atoms with E-state index in [1.807, 2.05) is 28.1 Å². The van der Waals surface area contributed by atoms with E-state index >= 15 is 0 Å². The molecule has 0 saturated carbocycles. The van der Waals surface area contributed by atoms with E-state index in [9.17, 15) is 9.59 Å². The predicted octanol–water partition coefficient (Wildman–Crippen LogP) is 4.77. The maximum atomic E-state index is 12.6. The highest BCUT2D eigenvalue weighted by Crippen LogP contribution is 2.26. The van der Waals surface area contributed by atoms with E-state index in [2.05, 4.69) is 21.7 Å². The minimum atomic E-state index is -0.786. The zero-order valence-corrected chi connectivity index (χ0v) is 17.7. The number of hydrogen-bond acceptors (Lipinski definition) is 5. The van der Waals surface area contributed by atoms with Gasteiger partial charge in [-0.15, -0.1) is 0 Å². The van der Waals surface area contributed by atoms with Gasteiger partial charge in [-0.2, -0.15) is 11.3 Å². The van der Waals surface area contributed by atoms with Crippen LogP contribution < -0.4 is 5.32 Å². The first-order valence-corrected chi connectivity index (χ1v) is 10.3. The molecule has 0 aliphatic carbocycles. The van der Waals surface area contributed by atoms with Crippen LogP contribution >= 0.6 is 11.3 Å². The maximum Gasteiger partial charge on any atom is 0.315 e. The number of carbonyl (C=O) groups excluding carboxylic acids is 2. The fraction of sp³-hybridized carbons (Fsp3) is 0.174. The van der Waals surface area contributed by atoms with Gasteiger partial charge in [0.2, 0.25) is 0 Å². The predicted molar refractivity (Wildman–Crippen MR) is 118 cm³/mol. The summed E-state index contributed by atoms with van der Waals surface area (Å²) in [6.07, 6.45) is 3.78. The van der Waals surface area contributed by atoms with Crippen LogP contribution in [0.2, 0.25) is 0 Å².